The second-order valence-corrected chi connectivity index (χ2v) is 5.27. The van der Waals surface area contributed by atoms with Crippen LogP contribution in [0.5, 0.6) is 0 Å². The van der Waals surface area contributed by atoms with E-state index in [2.05, 4.69) is 20.3 Å². The van der Waals surface area contributed by atoms with Crippen molar-refractivity contribution in [2.24, 2.45) is 5.73 Å². The zero-order chi connectivity index (χ0) is 14.0. The average Bonchev–Trinajstić information content (AvgIpc) is 2.84. The van der Waals surface area contributed by atoms with Crippen LogP contribution < -0.4 is 11.1 Å². The lowest BCUT2D eigenvalue weighted by Gasteiger charge is -2.04. The van der Waals surface area contributed by atoms with Crippen molar-refractivity contribution in [1.29, 1.82) is 0 Å². The molecular formula is C10H9Cl2N5OS. The van der Waals surface area contributed by atoms with Gasteiger partial charge in [-0.2, -0.15) is 0 Å². The smallest absolute Gasteiger partial charge is 0.276 e. The molecule has 0 fully saturated rings. The van der Waals surface area contributed by atoms with Crippen molar-refractivity contribution in [2.45, 2.75) is 13.0 Å². The number of carbonyl (C=O) groups excluding carboxylic acids is 1. The molecule has 2 aromatic rings. The van der Waals surface area contributed by atoms with E-state index < -0.39 is 5.91 Å². The summed E-state index contributed by atoms with van der Waals surface area (Å²) in [5.74, 6) is -0.290. The summed E-state index contributed by atoms with van der Waals surface area (Å²) in [6, 6.07) is -0.219. The number of carbonyl (C=O) groups is 1. The molecule has 9 heteroatoms. The Hall–Kier alpha value is -1.28. The van der Waals surface area contributed by atoms with E-state index in [4.69, 9.17) is 28.9 Å². The fraction of sp³-hybridized carbons (Fsp3) is 0.200. The Morgan fingerprint density at radius 1 is 1.47 bits per heavy atom. The van der Waals surface area contributed by atoms with Gasteiger partial charge in [0.15, 0.2) is 11.0 Å². The van der Waals surface area contributed by atoms with Crippen LogP contribution in [0.15, 0.2) is 11.7 Å². The van der Waals surface area contributed by atoms with Crippen LogP contribution in [0.2, 0.25) is 10.2 Å². The van der Waals surface area contributed by atoms with Gasteiger partial charge in [-0.25, -0.2) is 15.0 Å². The Morgan fingerprint density at radius 3 is 2.84 bits per heavy atom. The van der Waals surface area contributed by atoms with Crippen molar-refractivity contribution < 1.29 is 4.79 Å². The number of rotatable bonds is 3. The van der Waals surface area contributed by atoms with E-state index in [0.29, 0.717) is 5.01 Å². The third-order valence-electron chi connectivity index (χ3n) is 2.12. The number of aromatic nitrogens is 3. The third-order valence-corrected chi connectivity index (χ3v) is 3.91. The average molecular weight is 318 g/mol. The molecule has 0 spiro atoms. The number of nitrogens with zero attached hydrogens (tertiary/aromatic N) is 3. The molecule has 0 aliphatic carbocycles. The summed E-state index contributed by atoms with van der Waals surface area (Å²) < 4.78 is 0. The lowest BCUT2D eigenvalue weighted by molar-refractivity contribution is 0.102. The minimum Gasteiger partial charge on any atom is -0.322 e. The van der Waals surface area contributed by atoms with Gasteiger partial charge in [-0.05, 0) is 6.92 Å². The van der Waals surface area contributed by atoms with Crippen molar-refractivity contribution in [2.75, 3.05) is 5.32 Å². The molecule has 2 heterocycles. The van der Waals surface area contributed by atoms with Crippen molar-refractivity contribution in [3.8, 4) is 0 Å². The first-order chi connectivity index (χ1) is 8.99. The number of thiazole rings is 1. The summed E-state index contributed by atoms with van der Waals surface area (Å²) in [4.78, 5) is 23.6. The van der Waals surface area contributed by atoms with Crippen molar-refractivity contribution >= 4 is 46.3 Å². The number of anilines is 1. The Labute approximate surface area is 123 Å². The first-order valence-corrected chi connectivity index (χ1v) is 6.81. The summed E-state index contributed by atoms with van der Waals surface area (Å²) in [6.45, 7) is 1.79. The van der Waals surface area contributed by atoms with Gasteiger partial charge in [-0.15, -0.1) is 11.3 Å². The number of amides is 1. The number of nitrogens with one attached hydrogen (secondary N) is 1. The molecule has 0 saturated heterocycles. The van der Waals surface area contributed by atoms with Gasteiger partial charge in [0.2, 0.25) is 0 Å². The normalized spacial score (nSPS) is 12.2. The lowest BCUT2D eigenvalue weighted by Crippen LogP contribution is -2.14. The molecule has 2 aromatic heterocycles. The van der Waals surface area contributed by atoms with E-state index in [0.717, 1.165) is 0 Å². The molecule has 3 N–H and O–H groups in total. The molecule has 1 unspecified atom stereocenters. The Bertz CT molecular complexity index is 616. The number of halogens is 2. The molecule has 0 aliphatic heterocycles. The van der Waals surface area contributed by atoms with Crippen LogP contribution in [0, 0.1) is 0 Å². The molecule has 0 bridgehead atoms. The number of nitrogens with two attached hydrogens (primary N) is 1. The van der Waals surface area contributed by atoms with Crippen LogP contribution in [-0.4, -0.2) is 20.9 Å². The van der Waals surface area contributed by atoms with Gasteiger partial charge < -0.3 is 11.1 Å². The standard InChI is InChI=1S/C10H9Cl2N5OS/c1-4(13)10-16-5(2-19-10)9(18)17-8-6(11)7(12)14-3-15-8/h2-4H,13H2,1H3,(H,14,15,17,18). The predicted octanol–water partition coefficient (Wildman–Crippen LogP) is 2.51. The maximum Gasteiger partial charge on any atom is 0.276 e. The Balaban J connectivity index is 2.18. The maximum absolute atomic E-state index is 11.9. The first kappa shape index (κ1) is 14.1. The number of hydrogen-bond donors (Lipinski definition) is 2. The van der Waals surface area contributed by atoms with Crippen molar-refractivity contribution in [1.82, 2.24) is 15.0 Å². The topological polar surface area (TPSA) is 93.8 Å². The highest BCUT2D eigenvalue weighted by Gasteiger charge is 2.16. The van der Waals surface area contributed by atoms with Crippen molar-refractivity contribution in [3.05, 3.63) is 32.6 Å². The fourth-order valence-electron chi connectivity index (χ4n) is 1.21. The minimum absolute atomic E-state index is 0.0708. The van der Waals surface area contributed by atoms with Gasteiger partial charge in [-0.3, -0.25) is 4.79 Å². The summed E-state index contributed by atoms with van der Waals surface area (Å²) in [5, 5.41) is 4.96. The number of hydrogen-bond acceptors (Lipinski definition) is 6. The monoisotopic (exact) mass is 317 g/mol. The lowest BCUT2D eigenvalue weighted by atomic mass is 10.4. The fourth-order valence-corrected chi connectivity index (χ4v) is 2.24. The Morgan fingerprint density at radius 2 is 2.21 bits per heavy atom. The van der Waals surface area contributed by atoms with E-state index >= 15 is 0 Å². The quantitative estimate of drug-likeness (QED) is 0.848. The highest BCUT2D eigenvalue weighted by molar-refractivity contribution is 7.09. The summed E-state index contributed by atoms with van der Waals surface area (Å²) >= 11 is 12.9. The summed E-state index contributed by atoms with van der Waals surface area (Å²) in [5.41, 5.74) is 5.93. The van der Waals surface area contributed by atoms with Gasteiger partial charge in [0.1, 0.15) is 22.1 Å². The van der Waals surface area contributed by atoms with Crippen LogP contribution in [0.25, 0.3) is 0 Å². The molecule has 19 heavy (non-hydrogen) atoms. The van der Waals surface area contributed by atoms with Crippen LogP contribution in [0.4, 0.5) is 5.82 Å². The molecule has 1 atom stereocenters. The predicted molar refractivity (Wildman–Crippen MR) is 74.7 cm³/mol. The summed E-state index contributed by atoms with van der Waals surface area (Å²) in [6.07, 6.45) is 1.21. The van der Waals surface area contributed by atoms with Gasteiger partial charge in [0.25, 0.3) is 5.91 Å². The van der Waals surface area contributed by atoms with E-state index in [-0.39, 0.29) is 27.7 Å². The SMILES string of the molecule is CC(N)c1nc(C(=O)Nc2ncnc(Cl)c2Cl)cs1. The van der Waals surface area contributed by atoms with E-state index in [1.807, 2.05) is 0 Å². The van der Waals surface area contributed by atoms with Crippen LogP contribution in [0.3, 0.4) is 0 Å². The van der Waals surface area contributed by atoms with Crippen LogP contribution >= 0.6 is 34.5 Å². The molecule has 0 saturated carbocycles. The van der Waals surface area contributed by atoms with Gasteiger partial charge in [0, 0.05) is 5.38 Å². The second kappa shape index (κ2) is 5.79. The molecule has 2 rings (SSSR count). The zero-order valence-corrected chi connectivity index (χ0v) is 12.1. The van der Waals surface area contributed by atoms with Gasteiger partial charge in [0.05, 0.1) is 6.04 Å². The molecule has 100 valence electrons. The minimum atomic E-state index is -0.431. The van der Waals surface area contributed by atoms with Gasteiger partial charge >= 0.3 is 0 Å². The van der Waals surface area contributed by atoms with Crippen molar-refractivity contribution in [3.63, 3.8) is 0 Å². The highest BCUT2D eigenvalue weighted by Crippen LogP contribution is 2.26. The Kier molecular flexibility index (Phi) is 4.31. The molecule has 0 radical (unpaired) electrons. The zero-order valence-electron chi connectivity index (χ0n) is 9.72. The summed E-state index contributed by atoms with van der Waals surface area (Å²) in [7, 11) is 0. The van der Waals surface area contributed by atoms with Crippen LogP contribution in [0.1, 0.15) is 28.5 Å². The van der Waals surface area contributed by atoms with Crippen LogP contribution in [-0.2, 0) is 0 Å². The third kappa shape index (κ3) is 3.19. The molecule has 0 aromatic carbocycles. The molecule has 1 amide bonds. The van der Waals surface area contributed by atoms with E-state index in [9.17, 15) is 4.79 Å². The first-order valence-electron chi connectivity index (χ1n) is 5.17. The molecule has 0 aliphatic rings. The van der Waals surface area contributed by atoms with E-state index in [1.165, 1.54) is 17.7 Å². The molecular weight excluding hydrogens is 309 g/mol. The second-order valence-electron chi connectivity index (χ2n) is 3.64. The van der Waals surface area contributed by atoms with Gasteiger partial charge in [-0.1, -0.05) is 23.2 Å². The highest BCUT2D eigenvalue weighted by atomic mass is 35.5. The molecule has 6 nitrogen and oxygen atoms in total. The largest absolute Gasteiger partial charge is 0.322 e. The maximum atomic E-state index is 11.9. The van der Waals surface area contributed by atoms with E-state index in [1.54, 1.807) is 12.3 Å².